The molecular weight excluding hydrogens is 340 g/mol. The molecule has 2 amide bonds. The molecule has 0 atom stereocenters. The van der Waals surface area contributed by atoms with Gasteiger partial charge in [-0.2, -0.15) is 0 Å². The topological polar surface area (TPSA) is 71.3 Å². The van der Waals surface area contributed by atoms with E-state index in [1.54, 1.807) is 30.3 Å². The normalized spacial score (nSPS) is 11.1. The SMILES string of the molecule is Cc1ccc(C(=O)NC(=Cc2ccco2)C(=O)Nc2cccc(C)c2)cc1. The molecule has 0 aliphatic carbocycles. The summed E-state index contributed by atoms with van der Waals surface area (Å²) in [5.74, 6) is -0.335. The molecule has 27 heavy (non-hydrogen) atoms. The molecule has 0 bridgehead atoms. The second kappa shape index (κ2) is 8.19. The third-order valence-corrected chi connectivity index (χ3v) is 3.91. The fourth-order valence-electron chi connectivity index (χ4n) is 2.49. The highest BCUT2D eigenvalue weighted by Gasteiger charge is 2.15. The van der Waals surface area contributed by atoms with E-state index in [0.29, 0.717) is 17.0 Å². The zero-order valence-corrected chi connectivity index (χ0v) is 15.2. The van der Waals surface area contributed by atoms with E-state index < -0.39 is 5.91 Å². The standard InChI is InChI=1S/C22H20N2O3/c1-15-8-10-17(11-9-15)21(25)24-20(14-19-7-4-12-27-19)22(26)23-18-6-3-5-16(2)13-18/h3-14H,1-2H3,(H,23,26)(H,24,25). The first-order chi connectivity index (χ1) is 13.0. The second-order valence-electron chi connectivity index (χ2n) is 6.22. The highest BCUT2D eigenvalue weighted by molar-refractivity contribution is 6.10. The first kappa shape index (κ1) is 18.2. The minimum atomic E-state index is -0.433. The maximum absolute atomic E-state index is 12.7. The summed E-state index contributed by atoms with van der Waals surface area (Å²) < 4.78 is 5.28. The zero-order chi connectivity index (χ0) is 19.2. The number of benzene rings is 2. The van der Waals surface area contributed by atoms with Crippen LogP contribution in [0.3, 0.4) is 0 Å². The Kier molecular flexibility index (Phi) is 5.52. The van der Waals surface area contributed by atoms with Crippen LogP contribution in [-0.2, 0) is 4.79 Å². The van der Waals surface area contributed by atoms with Crippen LogP contribution in [-0.4, -0.2) is 11.8 Å². The lowest BCUT2D eigenvalue weighted by molar-refractivity contribution is -0.113. The summed E-state index contributed by atoms with van der Waals surface area (Å²) in [6.07, 6.45) is 3.00. The van der Waals surface area contributed by atoms with E-state index in [4.69, 9.17) is 4.42 Å². The van der Waals surface area contributed by atoms with Crippen LogP contribution in [0, 0.1) is 13.8 Å². The molecule has 3 aromatic rings. The molecule has 2 N–H and O–H groups in total. The molecule has 0 saturated carbocycles. The van der Waals surface area contributed by atoms with Gasteiger partial charge in [0.1, 0.15) is 11.5 Å². The van der Waals surface area contributed by atoms with E-state index in [1.807, 2.05) is 44.2 Å². The molecule has 3 rings (SSSR count). The first-order valence-corrected chi connectivity index (χ1v) is 8.52. The smallest absolute Gasteiger partial charge is 0.272 e. The van der Waals surface area contributed by atoms with Crippen molar-refractivity contribution in [1.82, 2.24) is 5.32 Å². The quantitative estimate of drug-likeness (QED) is 0.666. The molecule has 0 aliphatic heterocycles. The number of hydrogen-bond donors (Lipinski definition) is 2. The van der Waals surface area contributed by atoms with Gasteiger partial charge in [-0.15, -0.1) is 0 Å². The average molecular weight is 360 g/mol. The lowest BCUT2D eigenvalue weighted by Gasteiger charge is -2.11. The predicted molar refractivity (Wildman–Crippen MR) is 105 cm³/mol. The van der Waals surface area contributed by atoms with Gasteiger partial charge in [0.05, 0.1) is 6.26 Å². The number of furan rings is 1. The van der Waals surface area contributed by atoms with Crippen molar-refractivity contribution >= 4 is 23.6 Å². The number of aryl methyl sites for hydroxylation is 2. The zero-order valence-electron chi connectivity index (χ0n) is 15.2. The average Bonchev–Trinajstić information content (AvgIpc) is 3.15. The number of hydrogen-bond acceptors (Lipinski definition) is 3. The van der Waals surface area contributed by atoms with Crippen molar-refractivity contribution in [3.05, 3.63) is 95.1 Å². The van der Waals surface area contributed by atoms with Gasteiger partial charge >= 0.3 is 0 Å². The highest BCUT2D eigenvalue weighted by Crippen LogP contribution is 2.13. The number of anilines is 1. The molecule has 1 aromatic heterocycles. The van der Waals surface area contributed by atoms with Gasteiger partial charge in [-0.05, 0) is 55.8 Å². The van der Waals surface area contributed by atoms with Crippen LogP contribution in [0.4, 0.5) is 5.69 Å². The van der Waals surface area contributed by atoms with Gasteiger partial charge in [0, 0.05) is 17.3 Å². The molecule has 0 saturated heterocycles. The van der Waals surface area contributed by atoms with Crippen molar-refractivity contribution in [1.29, 1.82) is 0 Å². The molecule has 5 heteroatoms. The molecule has 1 heterocycles. The van der Waals surface area contributed by atoms with Gasteiger partial charge in [0.15, 0.2) is 0 Å². The summed E-state index contributed by atoms with van der Waals surface area (Å²) in [7, 11) is 0. The summed E-state index contributed by atoms with van der Waals surface area (Å²) in [6, 6.07) is 18.0. The Balaban J connectivity index is 1.83. The Morgan fingerprint density at radius 3 is 2.37 bits per heavy atom. The summed E-state index contributed by atoms with van der Waals surface area (Å²) in [5, 5.41) is 5.47. The van der Waals surface area contributed by atoms with Crippen LogP contribution >= 0.6 is 0 Å². The van der Waals surface area contributed by atoms with E-state index in [1.165, 1.54) is 12.3 Å². The minimum Gasteiger partial charge on any atom is -0.465 e. The molecule has 0 unspecified atom stereocenters. The van der Waals surface area contributed by atoms with E-state index >= 15 is 0 Å². The van der Waals surface area contributed by atoms with Crippen molar-refractivity contribution in [3.63, 3.8) is 0 Å². The summed E-state index contributed by atoms with van der Waals surface area (Å²) in [6.45, 7) is 3.88. The number of amides is 2. The maximum Gasteiger partial charge on any atom is 0.272 e. The molecular formula is C22H20N2O3. The van der Waals surface area contributed by atoms with Crippen molar-refractivity contribution in [3.8, 4) is 0 Å². The monoisotopic (exact) mass is 360 g/mol. The van der Waals surface area contributed by atoms with E-state index in [2.05, 4.69) is 10.6 Å². The van der Waals surface area contributed by atoms with Crippen LogP contribution in [0.15, 0.2) is 77.0 Å². The Labute approximate surface area is 157 Å². The second-order valence-corrected chi connectivity index (χ2v) is 6.22. The third-order valence-electron chi connectivity index (χ3n) is 3.91. The Morgan fingerprint density at radius 1 is 0.926 bits per heavy atom. The van der Waals surface area contributed by atoms with Gasteiger partial charge in [-0.1, -0.05) is 29.8 Å². The van der Waals surface area contributed by atoms with Crippen LogP contribution in [0.25, 0.3) is 6.08 Å². The molecule has 0 fully saturated rings. The van der Waals surface area contributed by atoms with E-state index in [0.717, 1.165) is 11.1 Å². The first-order valence-electron chi connectivity index (χ1n) is 8.52. The van der Waals surface area contributed by atoms with Crippen LogP contribution < -0.4 is 10.6 Å². The van der Waals surface area contributed by atoms with Crippen molar-refractivity contribution in [2.75, 3.05) is 5.32 Å². The third kappa shape index (κ3) is 4.95. The highest BCUT2D eigenvalue weighted by atomic mass is 16.3. The van der Waals surface area contributed by atoms with Gasteiger partial charge in [-0.3, -0.25) is 9.59 Å². The molecule has 0 radical (unpaired) electrons. The molecule has 5 nitrogen and oxygen atoms in total. The number of carbonyl (C=O) groups is 2. The fourth-order valence-corrected chi connectivity index (χ4v) is 2.49. The van der Waals surface area contributed by atoms with Crippen molar-refractivity contribution in [2.45, 2.75) is 13.8 Å². The summed E-state index contributed by atoms with van der Waals surface area (Å²) >= 11 is 0. The van der Waals surface area contributed by atoms with Gasteiger partial charge in [-0.25, -0.2) is 0 Å². The Bertz CT molecular complexity index is 971. The van der Waals surface area contributed by atoms with E-state index in [-0.39, 0.29) is 11.6 Å². The Hall–Kier alpha value is -3.60. The van der Waals surface area contributed by atoms with E-state index in [9.17, 15) is 9.59 Å². The maximum atomic E-state index is 12.7. The van der Waals surface area contributed by atoms with Gasteiger partial charge < -0.3 is 15.1 Å². The van der Waals surface area contributed by atoms with Crippen molar-refractivity contribution < 1.29 is 14.0 Å². The lowest BCUT2D eigenvalue weighted by atomic mass is 10.1. The summed E-state index contributed by atoms with van der Waals surface area (Å²) in [4.78, 5) is 25.3. The predicted octanol–water partition coefficient (Wildman–Crippen LogP) is 4.31. The lowest BCUT2D eigenvalue weighted by Crippen LogP contribution is -2.30. The minimum absolute atomic E-state index is 0.0945. The Morgan fingerprint density at radius 2 is 1.70 bits per heavy atom. The number of carbonyl (C=O) groups excluding carboxylic acids is 2. The van der Waals surface area contributed by atoms with Crippen molar-refractivity contribution in [2.24, 2.45) is 0 Å². The summed E-state index contributed by atoms with van der Waals surface area (Å²) in [5.41, 5.74) is 3.28. The molecule has 0 spiro atoms. The van der Waals surface area contributed by atoms with Crippen LogP contribution in [0.5, 0.6) is 0 Å². The molecule has 0 aliphatic rings. The fraction of sp³-hybridized carbons (Fsp3) is 0.0909. The number of rotatable bonds is 5. The largest absolute Gasteiger partial charge is 0.465 e. The van der Waals surface area contributed by atoms with Gasteiger partial charge in [0.25, 0.3) is 11.8 Å². The molecule has 136 valence electrons. The van der Waals surface area contributed by atoms with Gasteiger partial charge in [0.2, 0.25) is 0 Å². The van der Waals surface area contributed by atoms with Crippen LogP contribution in [0.1, 0.15) is 27.2 Å². The van der Waals surface area contributed by atoms with Crippen LogP contribution in [0.2, 0.25) is 0 Å². The molecule has 2 aromatic carbocycles. The number of nitrogens with one attached hydrogen (secondary N) is 2.